The molecule has 0 aliphatic carbocycles. The number of carbonyl (C=O) groups excluding carboxylic acids is 1. The molecule has 5 heteroatoms. The molecule has 106 valence electrons. The molecule has 1 N–H and O–H groups in total. The zero-order chi connectivity index (χ0) is 14.3. The van der Waals surface area contributed by atoms with Crippen molar-refractivity contribution in [3.05, 3.63) is 24.0 Å². The Morgan fingerprint density at radius 2 is 2.26 bits per heavy atom. The third-order valence-corrected chi connectivity index (χ3v) is 3.73. The Morgan fingerprint density at radius 3 is 2.79 bits per heavy atom. The maximum Gasteiger partial charge on any atom is 0.272 e. The molecule has 0 aliphatic rings. The first-order valence-electron chi connectivity index (χ1n) is 6.56. The Morgan fingerprint density at radius 1 is 1.53 bits per heavy atom. The summed E-state index contributed by atoms with van der Waals surface area (Å²) in [5.41, 5.74) is 1.44. The number of hydrogen-bond acceptors (Lipinski definition) is 4. The largest absolute Gasteiger partial charge is 0.384 e. The minimum Gasteiger partial charge on any atom is -0.384 e. The van der Waals surface area contributed by atoms with Gasteiger partial charge in [-0.3, -0.25) is 4.79 Å². The molecule has 1 atom stereocenters. The standard InChI is InChI=1S/C14H23N3OS/c1-5-15-12-6-7-13(16-10-12)14(18)17(3)11(2)8-9-19-4/h6-7,10-11,15H,5,8-9H2,1-4H3. The summed E-state index contributed by atoms with van der Waals surface area (Å²) in [5.74, 6) is 1.04. The maximum atomic E-state index is 12.3. The minimum absolute atomic E-state index is 0.0170. The van der Waals surface area contributed by atoms with Gasteiger partial charge in [0.05, 0.1) is 11.9 Å². The first-order chi connectivity index (χ1) is 9.10. The molecule has 1 aromatic heterocycles. The average molecular weight is 281 g/mol. The highest BCUT2D eigenvalue weighted by Crippen LogP contribution is 2.11. The van der Waals surface area contributed by atoms with Crippen molar-refractivity contribution in [1.29, 1.82) is 0 Å². The monoisotopic (exact) mass is 281 g/mol. The maximum absolute atomic E-state index is 12.3. The van der Waals surface area contributed by atoms with E-state index in [9.17, 15) is 4.79 Å². The average Bonchev–Trinajstić information content (AvgIpc) is 2.44. The number of amides is 1. The molecule has 1 amide bonds. The minimum atomic E-state index is -0.0170. The molecule has 1 aromatic rings. The van der Waals surface area contributed by atoms with Crippen LogP contribution in [0.4, 0.5) is 5.69 Å². The van der Waals surface area contributed by atoms with Gasteiger partial charge >= 0.3 is 0 Å². The van der Waals surface area contributed by atoms with Crippen LogP contribution < -0.4 is 5.32 Å². The highest BCUT2D eigenvalue weighted by atomic mass is 32.2. The molecular weight excluding hydrogens is 258 g/mol. The van der Waals surface area contributed by atoms with E-state index in [0.717, 1.165) is 24.4 Å². The first kappa shape index (κ1) is 15.8. The van der Waals surface area contributed by atoms with Crippen molar-refractivity contribution in [3.63, 3.8) is 0 Å². The van der Waals surface area contributed by atoms with Crippen LogP contribution in [0.1, 0.15) is 30.8 Å². The zero-order valence-corrected chi connectivity index (χ0v) is 13.0. The van der Waals surface area contributed by atoms with Crippen LogP contribution >= 0.6 is 11.8 Å². The molecule has 0 bridgehead atoms. The molecular formula is C14H23N3OS. The Hall–Kier alpha value is -1.23. The third kappa shape index (κ3) is 4.74. The van der Waals surface area contributed by atoms with Gasteiger partial charge in [0.25, 0.3) is 5.91 Å². The van der Waals surface area contributed by atoms with Gasteiger partial charge in [0.1, 0.15) is 5.69 Å². The molecule has 0 spiro atoms. The lowest BCUT2D eigenvalue weighted by Crippen LogP contribution is -2.35. The van der Waals surface area contributed by atoms with E-state index >= 15 is 0 Å². The topological polar surface area (TPSA) is 45.2 Å². The number of aromatic nitrogens is 1. The summed E-state index contributed by atoms with van der Waals surface area (Å²) in [7, 11) is 1.84. The van der Waals surface area contributed by atoms with Crippen molar-refractivity contribution >= 4 is 23.4 Å². The summed E-state index contributed by atoms with van der Waals surface area (Å²) in [6.07, 6.45) is 4.78. The van der Waals surface area contributed by atoms with Gasteiger partial charge in [-0.1, -0.05) is 0 Å². The fourth-order valence-corrected chi connectivity index (χ4v) is 2.27. The van der Waals surface area contributed by atoms with Gasteiger partial charge < -0.3 is 10.2 Å². The van der Waals surface area contributed by atoms with Crippen LogP contribution in [0.25, 0.3) is 0 Å². The van der Waals surface area contributed by atoms with Crippen LogP contribution in [-0.2, 0) is 0 Å². The van der Waals surface area contributed by atoms with Crippen molar-refractivity contribution in [2.75, 3.05) is 30.9 Å². The number of anilines is 1. The second-order valence-corrected chi connectivity index (χ2v) is 5.49. The molecule has 19 heavy (non-hydrogen) atoms. The Kier molecular flexibility index (Phi) is 6.70. The van der Waals surface area contributed by atoms with E-state index in [1.807, 2.05) is 20.0 Å². The Bertz CT molecular complexity index is 394. The van der Waals surface area contributed by atoms with Crippen LogP contribution in [0.3, 0.4) is 0 Å². The lowest BCUT2D eigenvalue weighted by molar-refractivity contribution is 0.0735. The van der Waals surface area contributed by atoms with Crippen LogP contribution in [0.2, 0.25) is 0 Å². The fourth-order valence-electron chi connectivity index (χ4n) is 1.69. The first-order valence-corrected chi connectivity index (χ1v) is 7.95. The molecule has 0 saturated carbocycles. The molecule has 0 aliphatic heterocycles. The molecule has 0 radical (unpaired) electrons. The van der Waals surface area contributed by atoms with Crippen LogP contribution in [0.5, 0.6) is 0 Å². The van der Waals surface area contributed by atoms with E-state index in [1.54, 1.807) is 28.9 Å². The predicted molar refractivity (Wildman–Crippen MR) is 83.0 cm³/mol. The second-order valence-electron chi connectivity index (χ2n) is 4.51. The summed E-state index contributed by atoms with van der Waals surface area (Å²) in [6.45, 7) is 4.95. The second kappa shape index (κ2) is 8.04. The third-order valence-electron chi connectivity index (χ3n) is 3.08. The van der Waals surface area contributed by atoms with E-state index in [1.165, 1.54) is 0 Å². The summed E-state index contributed by atoms with van der Waals surface area (Å²) in [5, 5.41) is 3.16. The van der Waals surface area contributed by atoms with Crippen LogP contribution in [0, 0.1) is 0 Å². The van der Waals surface area contributed by atoms with Crippen LogP contribution in [-0.4, -0.2) is 47.4 Å². The van der Waals surface area contributed by atoms with E-state index < -0.39 is 0 Å². The van der Waals surface area contributed by atoms with Gasteiger partial charge in [-0.05, 0) is 44.4 Å². The van der Waals surface area contributed by atoms with E-state index in [0.29, 0.717) is 5.69 Å². The highest BCUT2D eigenvalue weighted by molar-refractivity contribution is 7.98. The lowest BCUT2D eigenvalue weighted by atomic mass is 10.2. The van der Waals surface area contributed by atoms with E-state index in [2.05, 4.69) is 23.5 Å². The van der Waals surface area contributed by atoms with Crippen molar-refractivity contribution in [1.82, 2.24) is 9.88 Å². The predicted octanol–water partition coefficient (Wildman–Crippen LogP) is 2.73. The summed E-state index contributed by atoms with van der Waals surface area (Å²) < 4.78 is 0. The zero-order valence-electron chi connectivity index (χ0n) is 12.1. The molecule has 1 unspecified atom stereocenters. The number of nitrogens with one attached hydrogen (secondary N) is 1. The number of nitrogens with zero attached hydrogens (tertiary/aromatic N) is 2. The number of thioether (sulfide) groups is 1. The summed E-state index contributed by atoms with van der Waals surface area (Å²) in [4.78, 5) is 18.2. The SMILES string of the molecule is CCNc1ccc(C(=O)N(C)C(C)CCSC)nc1. The summed E-state index contributed by atoms with van der Waals surface area (Å²) in [6, 6.07) is 3.90. The molecule has 1 rings (SSSR count). The van der Waals surface area contributed by atoms with Gasteiger partial charge in [0.2, 0.25) is 0 Å². The number of pyridine rings is 1. The molecule has 0 aromatic carbocycles. The molecule has 4 nitrogen and oxygen atoms in total. The summed E-state index contributed by atoms with van der Waals surface area (Å²) >= 11 is 1.80. The highest BCUT2D eigenvalue weighted by Gasteiger charge is 2.18. The van der Waals surface area contributed by atoms with Gasteiger partial charge in [0.15, 0.2) is 0 Å². The van der Waals surface area contributed by atoms with Crippen LogP contribution in [0.15, 0.2) is 18.3 Å². The van der Waals surface area contributed by atoms with Crippen molar-refractivity contribution in [2.24, 2.45) is 0 Å². The van der Waals surface area contributed by atoms with Gasteiger partial charge in [0, 0.05) is 19.6 Å². The number of hydrogen-bond donors (Lipinski definition) is 1. The van der Waals surface area contributed by atoms with Crippen molar-refractivity contribution < 1.29 is 4.79 Å². The van der Waals surface area contributed by atoms with Gasteiger partial charge in [-0.25, -0.2) is 4.98 Å². The van der Waals surface area contributed by atoms with Crippen molar-refractivity contribution in [2.45, 2.75) is 26.3 Å². The Balaban J connectivity index is 2.65. The quantitative estimate of drug-likeness (QED) is 0.834. The normalized spacial score (nSPS) is 12.0. The Labute approximate surface area is 120 Å². The lowest BCUT2D eigenvalue weighted by Gasteiger charge is -2.24. The number of carbonyl (C=O) groups is 1. The smallest absolute Gasteiger partial charge is 0.272 e. The van der Waals surface area contributed by atoms with E-state index in [4.69, 9.17) is 0 Å². The van der Waals surface area contributed by atoms with Gasteiger partial charge in [-0.2, -0.15) is 11.8 Å². The van der Waals surface area contributed by atoms with E-state index in [-0.39, 0.29) is 11.9 Å². The fraction of sp³-hybridized carbons (Fsp3) is 0.571. The molecule has 0 fully saturated rings. The van der Waals surface area contributed by atoms with Gasteiger partial charge in [-0.15, -0.1) is 0 Å². The van der Waals surface area contributed by atoms with Crippen molar-refractivity contribution in [3.8, 4) is 0 Å². The molecule has 1 heterocycles. The molecule has 0 saturated heterocycles. The number of rotatable bonds is 7.